The molecule has 1 aromatic heterocycles. The van der Waals surface area contributed by atoms with Crippen molar-refractivity contribution in [2.45, 2.75) is 30.5 Å². The zero-order valence-corrected chi connectivity index (χ0v) is 13.5. The van der Waals surface area contributed by atoms with Gasteiger partial charge in [0, 0.05) is 10.5 Å². The number of halogens is 1. The molecule has 0 unspecified atom stereocenters. The van der Waals surface area contributed by atoms with E-state index in [2.05, 4.69) is 26.0 Å². The molecule has 0 aliphatic carbocycles. The van der Waals surface area contributed by atoms with Crippen molar-refractivity contribution < 1.29 is 8.42 Å². The largest absolute Gasteiger partial charge is 0.398 e. The molecule has 1 aromatic carbocycles. The first-order valence-electron chi connectivity index (χ1n) is 5.97. The predicted octanol–water partition coefficient (Wildman–Crippen LogP) is 2.18. The Hall–Kier alpha value is -1.41. The highest BCUT2D eigenvalue weighted by Crippen LogP contribution is 2.25. The van der Waals surface area contributed by atoms with Crippen LogP contribution in [0.2, 0.25) is 0 Å². The molecule has 2 N–H and O–H groups in total. The van der Waals surface area contributed by atoms with E-state index < -0.39 is 9.84 Å². The zero-order valence-electron chi connectivity index (χ0n) is 11.1. The Morgan fingerprint density at radius 3 is 2.70 bits per heavy atom. The summed E-state index contributed by atoms with van der Waals surface area (Å²) < 4.78 is 27.2. The molecule has 2 aromatic rings. The van der Waals surface area contributed by atoms with Crippen LogP contribution in [-0.2, 0) is 15.6 Å². The minimum Gasteiger partial charge on any atom is -0.398 e. The van der Waals surface area contributed by atoms with Gasteiger partial charge in [0.15, 0.2) is 9.84 Å². The number of anilines is 1. The Morgan fingerprint density at radius 1 is 1.40 bits per heavy atom. The molecule has 0 radical (unpaired) electrons. The van der Waals surface area contributed by atoms with E-state index in [4.69, 9.17) is 5.73 Å². The maximum atomic E-state index is 12.4. The lowest BCUT2D eigenvalue weighted by Crippen LogP contribution is -2.14. The van der Waals surface area contributed by atoms with Crippen molar-refractivity contribution in [3.05, 3.63) is 34.8 Å². The summed E-state index contributed by atoms with van der Waals surface area (Å²) in [5.74, 6) is 0.180. The van der Waals surface area contributed by atoms with Gasteiger partial charge in [-0.05, 0) is 32.0 Å². The number of aromatic nitrogens is 3. The van der Waals surface area contributed by atoms with E-state index in [1.165, 1.54) is 12.4 Å². The van der Waals surface area contributed by atoms with E-state index in [0.29, 0.717) is 5.82 Å². The Labute approximate surface area is 126 Å². The van der Waals surface area contributed by atoms with E-state index in [1.54, 1.807) is 16.8 Å². The molecular formula is C12H15BrN4O2S. The summed E-state index contributed by atoms with van der Waals surface area (Å²) in [5.41, 5.74) is 6.00. The van der Waals surface area contributed by atoms with Crippen molar-refractivity contribution in [1.82, 2.24) is 14.8 Å². The van der Waals surface area contributed by atoms with Crippen LogP contribution in [0.5, 0.6) is 0 Å². The smallest absolute Gasteiger partial charge is 0.187 e. The average molecular weight is 359 g/mol. The molecule has 0 aliphatic rings. The lowest BCUT2D eigenvalue weighted by molar-refractivity contribution is 0.510. The molecule has 0 amide bonds. The van der Waals surface area contributed by atoms with E-state index in [9.17, 15) is 8.42 Å². The number of benzene rings is 1. The molecule has 2 rings (SSSR count). The number of sulfone groups is 1. The number of hydrogen-bond donors (Lipinski definition) is 1. The third kappa shape index (κ3) is 3.01. The summed E-state index contributed by atoms with van der Waals surface area (Å²) in [4.78, 5) is 4.13. The third-order valence-electron chi connectivity index (χ3n) is 2.76. The van der Waals surface area contributed by atoms with Crippen LogP contribution in [0, 0.1) is 0 Å². The molecule has 6 nitrogen and oxygen atoms in total. The van der Waals surface area contributed by atoms with Gasteiger partial charge in [-0.3, -0.25) is 0 Å². The van der Waals surface area contributed by atoms with Crippen molar-refractivity contribution in [2.75, 3.05) is 5.73 Å². The predicted molar refractivity (Wildman–Crippen MR) is 79.9 cm³/mol. The summed E-state index contributed by atoms with van der Waals surface area (Å²) >= 11 is 3.25. The topological polar surface area (TPSA) is 90.9 Å². The highest BCUT2D eigenvalue weighted by Gasteiger charge is 2.22. The van der Waals surface area contributed by atoms with Crippen LogP contribution in [0.25, 0.3) is 0 Å². The molecule has 0 saturated carbocycles. The first kappa shape index (κ1) is 15.0. The zero-order chi connectivity index (χ0) is 14.9. The second-order valence-electron chi connectivity index (χ2n) is 4.66. The molecule has 0 bridgehead atoms. The summed E-state index contributed by atoms with van der Waals surface area (Å²) in [6.45, 7) is 3.83. The van der Waals surface area contributed by atoms with E-state index in [0.717, 1.165) is 4.47 Å². The normalized spacial score (nSPS) is 12.0. The lowest BCUT2D eigenvalue weighted by Gasteiger charge is -2.11. The van der Waals surface area contributed by atoms with Crippen LogP contribution in [-0.4, -0.2) is 23.2 Å². The van der Waals surface area contributed by atoms with Gasteiger partial charge in [-0.1, -0.05) is 15.9 Å². The quantitative estimate of drug-likeness (QED) is 0.845. The SMILES string of the molecule is CC(C)n1ncnc1CS(=O)(=O)c1ccc(Br)cc1N. The number of nitrogens with zero attached hydrogens (tertiary/aromatic N) is 3. The van der Waals surface area contributed by atoms with Gasteiger partial charge >= 0.3 is 0 Å². The summed E-state index contributed by atoms with van der Waals surface area (Å²) in [5, 5.41) is 4.03. The second-order valence-corrected chi connectivity index (χ2v) is 7.53. The molecule has 0 saturated heterocycles. The standard InChI is InChI=1S/C12H15BrN4O2S/c1-8(2)17-12(15-7-16-17)6-20(18,19)11-4-3-9(13)5-10(11)14/h3-5,7-8H,6,14H2,1-2H3. The van der Waals surface area contributed by atoms with Crippen LogP contribution in [0.1, 0.15) is 25.7 Å². The van der Waals surface area contributed by atoms with E-state index in [1.807, 2.05) is 13.8 Å². The van der Waals surface area contributed by atoms with Gasteiger partial charge in [0.25, 0.3) is 0 Å². The average Bonchev–Trinajstić information content (AvgIpc) is 2.75. The van der Waals surface area contributed by atoms with Crippen LogP contribution >= 0.6 is 15.9 Å². The molecule has 0 spiro atoms. The van der Waals surface area contributed by atoms with Gasteiger partial charge in [-0.25, -0.2) is 18.1 Å². The number of nitrogen functional groups attached to an aromatic ring is 1. The third-order valence-corrected chi connectivity index (χ3v) is 4.94. The first-order chi connectivity index (χ1) is 9.31. The first-order valence-corrected chi connectivity index (χ1v) is 8.42. The molecule has 20 heavy (non-hydrogen) atoms. The maximum absolute atomic E-state index is 12.4. The van der Waals surface area contributed by atoms with Crippen molar-refractivity contribution >= 4 is 31.5 Å². The van der Waals surface area contributed by atoms with Crippen LogP contribution in [0.3, 0.4) is 0 Å². The summed E-state index contributed by atoms with van der Waals surface area (Å²) in [7, 11) is -3.56. The number of nitrogens with two attached hydrogens (primary N) is 1. The monoisotopic (exact) mass is 358 g/mol. The fourth-order valence-corrected chi connectivity index (χ4v) is 3.63. The van der Waals surface area contributed by atoms with E-state index >= 15 is 0 Å². The number of rotatable bonds is 4. The molecule has 8 heteroatoms. The minimum atomic E-state index is -3.56. The number of hydrogen-bond acceptors (Lipinski definition) is 5. The molecular weight excluding hydrogens is 344 g/mol. The minimum absolute atomic E-state index is 0.0463. The fourth-order valence-electron chi connectivity index (χ4n) is 1.86. The summed E-state index contributed by atoms with van der Waals surface area (Å²) in [6.07, 6.45) is 1.36. The van der Waals surface area contributed by atoms with Crippen molar-refractivity contribution in [3.63, 3.8) is 0 Å². The van der Waals surface area contributed by atoms with Crippen LogP contribution < -0.4 is 5.73 Å². The van der Waals surface area contributed by atoms with Gasteiger partial charge in [0.2, 0.25) is 0 Å². The van der Waals surface area contributed by atoms with Gasteiger partial charge < -0.3 is 5.73 Å². The highest BCUT2D eigenvalue weighted by molar-refractivity contribution is 9.10. The maximum Gasteiger partial charge on any atom is 0.187 e. The molecule has 1 heterocycles. The van der Waals surface area contributed by atoms with Gasteiger partial charge in [-0.2, -0.15) is 5.10 Å². The van der Waals surface area contributed by atoms with Gasteiger partial charge in [0.1, 0.15) is 17.9 Å². The Balaban J connectivity index is 2.38. The fraction of sp³-hybridized carbons (Fsp3) is 0.333. The summed E-state index contributed by atoms with van der Waals surface area (Å²) in [6, 6.07) is 4.76. The Bertz CT molecular complexity index is 725. The second kappa shape index (κ2) is 5.53. The van der Waals surface area contributed by atoms with Crippen molar-refractivity contribution in [2.24, 2.45) is 0 Å². The van der Waals surface area contributed by atoms with Gasteiger partial charge in [-0.15, -0.1) is 0 Å². The highest BCUT2D eigenvalue weighted by atomic mass is 79.9. The molecule has 0 fully saturated rings. The molecule has 0 atom stereocenters. The van der Waals surface area contributed by atoms with Crippen LogP contribution in [0.15, 0.2) is 33.9 Å². The Morgan fingerprint density at radius 2 is 2.10 bits per heavy atom. The van der Waals surface area contributed by atoms with Gasteiger partial charge in [0.05, 0.1) is 10.6 Å². The van der Waals surface area contributed by atoms with Crippen molar-refractivity contribution in [1.29, 1.82) is 0 Å². The lowest BCUT2D eigenvalue weighted by atomic mass is 10.3. The van der Waals surface area contributed by atoms with Crippen molar-refractivity contribution in [3.8, 4) is 0 Å². The molecule has 108 valence electrons. The van der Waals surface area contributed by atoms with Crippen LogP contribution in [0.4, 0.5) is 5.69 Å². The van der Waals surface area contributed by atoms with E-state index in [-0.39, 0.29) is 22.4 Å². The Kier molecular flexibility index (Phi) is 4.14. The molecule has 0 aliphatic heterocycles.